The van der Waals surface area contributed by atoms with Crippen molar-refractivity contribution in [1.29, 1.82) is 0 Å². The third kappa shape index (κ3) is 3.54. The van der Waals surface area contributed by atoms with E-state index in [1.54, 1.807) is 11.3 Å². The van der Waals surface area contributed by atoms with Crippen molar-refractivity contribution in [2.45, 2.75) is 26.3 Å². The summed E-state index contributed by atoms with van der Waals surface area (Å²) >= 11 is 1.77. The van der Waals surface area contributed by atoms with Gasteiger partial charge < -0.3 is 5.32 Å². The summed E-state index contributed by atoms with van der Waals surface area (Å²) < 4.78 is 0. The van der Waals surface area contributed by atoms with Crippen LogP contribution in [0, 0.1) is 5.92 Å². The van der Waals surface area contributed by atoms with Crippen molar-refractivity contribution in [3.05, 3.63) is 16.6 Å². The zero-order valence-electron chi connectivity index (χ0n) is 9.98. The van der Waals surface area contributed by atoms with Crippen molar-refractivity contribution in [3.8, 4) is 0 Å². The van der Waals surface area contributed by atoms with Crippen LogP contribution in [0.5, 0.6) is 0 Å². The van der Waals surface area contributed by atoms with E-state index in [1.165, 1.54) is 37.5 Å². The molecule has 0 saturated carbocycles. The van der Waals surface area contributed by atoms with Crippen LogP contribution < -0.4 is 5.32 Å². The molecule has 1 fully saturated rings. The van der Waals surface area contributed by atoms with Crippen LogP contribution in [0.3, 0.4) is 0 Å². The largest absolute Gasteiger partial charge is 0.317 e. The van der Waals surface area contributed by atoms with Gasteiger partial charge in [0.05, 0.1) is 6.54 Å². The van der Waals surface area contributed by atoms with Crippen molar-refractivity contribution in [1.82, 2.24) is 15.2 Å². The molecule has 16 heavy (non-hydrogen) atoms. The van der Waals surface area contributed by atoms with Crippen molar-refractivity contribution in [2.75, 3.05) is 26.2 Å². The molecule has 2 heterocycles. The molecule has 0 aliphatic carbocycles. The third-order valence-electron chi connectivity index (χ3n) is 3.23. The number of nitrogens with zero attached hydrogens (tertiary/aromatic N) is 2. The summed E-state index contributed by atoms with van der Waals surface area (Å²) in [7, 11) is 0. The van der Waals surface area contributed by atoms with Gasteiger partial charge in [-0.3, -0.25) is 4.90 Å². The Bertz CT molecular complexity index is 278. The summed E-state index contributed by atoms with van der Waals surface area (Å²) in [5.41, 5.74) is 0. The van der Waals surface area contributed by atoms with E-state index >= 15 is 0 Å². The van der Waals surface area contributed by atoms with E-state index in [0.29, 0.717) is 0 Å². The molecule has 1 saturated heterocycles. The van der Waals surface area contributed by atoms with Gasteiger partial charge in [0.1, 0.15) is 5.01 Å². The van der Waals surface area contributed by atoms with Gasteiger partial charge in [0.15, 0.2) is 0 Å². The van der Waals surface area contributed by atoms with Crippen molar-refractivity contribution < 1.29 is 0 Å². The topological polar surface area (TPSA) is 28.2 Å². The summed E-state index contributed by atoms with van der Waals surface area (Å²) in [6.45, 7) is 7.98. The van der Waals surface area contributed by atoms with Crippen LogP contribution in [-0.4, -0.2) is 36.1 Å². The van der Waals surface area contributed by atoms with Crippen LogP contribution in [0.25, 0.3) is 0 Å². The van der Waals surface area contributed by atoms with E-state index in [-0.39, 0.29) is 0 Å². The molecule has 0 atom stereocenters. The van der Waals surface area contributed by atoms with E-state index < -0.39 is 0 Å². The molecule has 1 aromatic rings. The Morgan fingerprint density at radius 1 is 1.50 bits per heavy atom. The van der Waals surface area contributed by atoms with Gasteiger partial charge in [-0.25, -0.2) is 4.98 Å². The minimum atomic E-state index is 0.882. The summed E-state index contributed by atoms with van der Waals surface area (Å²) in [6.07, 6.45) is 4.56. The molecule has 0 aromatic carbocycles. The molecule has 0 radical (unpaired) electrons. The normalized spacial score (nSPS) is 19.1. The smallest absolute Gasteiger partial charge is 0.107 e. The van der Waals surface area contributed by atoms with Crippen LogP contribution in [-0.2, 0) is 6.54 Å². The van der Waals surface area contributed by atoms with Crippen molar-refractivity contribution in [2.24, 2.45) is 5.92 Å². The van der Waals surface area contributed by atoms with Crippen LogP contribution in [0.4, 0.5) is 0 Å². The number of rotatable bonds is 5. The molecule has 0 amide bonds. The second kappa shape index (κ2) is 6.33. The predicted octanol–water partition coefficient (Wildman–Crippen LogP) is 1.96. The van der Waals surface area contributed by atoms with E-state index in [4.69, 9.17) is 0 Å². The first kappa shape index (κ1) is 12.0. The van der Waals surface area contributed by atoms with Crippen molar-refractivity contribution >= 4 is 11.3 Å². The zero-order chi connectivity index (χ0) is 11.2. The van der Waals surface area contributed by atoms with Crippen LogP contribution >= 0.6 is 11.3 Å². The number of thiazole rings is 1. The SMILES string of the molecule is CCNCC1CCN(Cc2nccs2)CC1. The predicted molar refractivity (Wildman–Crippen MR) is 68.7 cm³/mol. The highest BCUT2D eigenvalue weighted by molar-refractivity contribution is 7.09. The number of hydrogen-bond donors (Lipinski definition) is 1. The monoisotopic (exact) mass is 239 g/mol. The number of hydrogen-bond acceptors (Lipinski definition) is 4. The lowest BCUT2D eigenvalue weighted by Crippen LogP contribution is -2.36. The highest BCUT2D eigenvalue weighted by Gasteiger charge is 2.19. The Labute approximate surface area is 102 Å². The van der Waals surface area contributed by atoms with Gasteiger partial charge in [-0.2, -0.15) is 0 Å². The molecule has 1 aliphatic heterocycles. The number of nitrogens with one attached hydrogen (secondary N) is 1. The van der Waals surface area contributed by atoms with E-state index in [1.807, 2.05) is 6.20 Å². The minimum absolute atomic E-state index is 0.882. The molecule has 90 valence electrons. The Morgan fingerprint density at radius 2 is 2.31 bits per heavy atom. The van der Waals surface area contributed by atoms with Gasteiger partial charge in [-0.05, 0) is 44.9 Å². The summed E-state index contributed by atoms with van der Waals surface area (Å²) in [5, 5.41) is 6.77. The van der Waals surface area contributed by atoms with Crippen molar-refractivity contribution in [3.63, 3.8) is 0 Å². The molecule has 1 aliphatic rings. The highest BCUT2D eigenvalue weighted by atomic mass is 32.1. The number of likely N-dealkylation sites (tertiary alicyclic amines) is 1. The van der Waals surface area contributed by atoms with Crippen LogP contribution in [0.2, 0.25) is 0 Å². The Morgan fingerprint density at radius 3 is 2.94 bits per heavy atom. The second-order valence-corrected chi connectivity index (χ2v) is 5.43. The molecule has 1 N–H and O–H groups in total. The molecular formula is C12H21N3S. The molecular weight excluding hydrogens is 218 g/mol. The van der Waals surface area contributed by atoms with Gasteiger partial charge in [0, 0.05) is 11.6 Å². The molecule has 2 rings (SSSR count). The van der Waals surface area contributed by atoms with Gasteiger partial charge in [-0.15, -0.1) is 11.3 Å². The molecule has 3 nitrogen and oxygen atoms in total. The maximum absolute atomic E-state index is 4.34. The van der Waals surface area contributed by atoms with E-state index in [0.717, 1.165) is 19.0 Å². The maximum Gasteiger partial charge on any atom is 0.107 e. The summed E-state index contributed by atoms with van der Waals surface area (Å²) in [4.78, 5) is 6.87. The first-order valence-electron chi connectivity index (χ1n) is 6.20. The Hall–Kier alpha value is -0.450. The highest BCUT2D eigenvalue weighted by Crippen LogP contribution is 2.18. The molecule has 0 bridgehead atoms. The van der Waals surface area contributed by atoms with E-state index in [2.05, 4.69) is 27.5 Å². The fraction of sp³-hybridized carbons (Fsp3) is 0.750. The van der Waals surface area contributed by atoms with Gasteiger partial charge in [0.25, 0.3) is 0 Å². The first-order valence-corrected chi connectivity index (χ1v) is 7.08. The van der Waals surface area contributed by atoms with Crippen LogP contribution in [0.15, 0.2) is 11.6 Å². The molecule has 1 aromatic heterocycles. The average Bonchev–Trinajstić information content (AvgIpc) is 2.81. The zero-order valence-corrected chi connectivity index (χ0v) is 10.8. The molecule has 0 spiro atoms. The fourth-order valence-electron chi connectivity index (χ4n) is 2.22. The van der Waals surface area contributed by atoms with Gasteiger partial charge in [0.2, 0.25) is 0 Å². The molecule has 4 heteroatoms. The van der Waals surface area contributed by atoms with Gasteiger partial charge in [-0.1, -0.05) is 6.92 Å². The molecule has 0 unspecified atom stereocenters. The third-order valence-corrected chi connectivity index (χ3v) is 4.00. The summed E-state index contributed by atoms with van der Waals surface area (Å²) in [5.74, 6) is 0.882. The second-order valence-electron chi connectivity index (χ2n) is 4.45. The number of aromatic nitrogens is 1. The Balaban J connectivity index is 1.69. The minimum Gasteiger partial charge on any atom is -0.317 e. The summed E-state index contributed by atoms with van der Waals surface area (Å²) in [6, 6.07) is 0. The first-order chi connectivity index (χ1) is 7.88. The quantitative estimate of drug-likeness (QED) is 0.851. The average molecular weight is 239 g/mol. The van der Waals surface area contributed by atoms with E-state index in [9.17, 15) is 0 Å². The van der Waals surface area contributed by atoms with Gasteiger partial charge >= 0.3 is 0 Å². The lowest BCUT2D eigenvalue weighted by atomic mass is 9.97. The van der Waals surface area contributed by atoms with Crippen LogP contribution in [0.1, 0.15) is 24.8 Å². The lowest BCUT2D eigenvalue weighted by molar-refractivity contribution is 0.175. The number of piperidine rings is 1. The standard InChI is InChI=1S/C12H21N3S/c1-2-13-9-11-3-6-15(7-4-11)10-12-14-5-8-16-12/h5,8,11,13H,2-4,6-7,9-10H2,1H3. The maximum atomic E-state index is 4.34. The Kier molecular flexibility index (Phi) is 4.75. The fourth-order valence-corrected chi connectivity index (χ4v) is 2.88. The lowest BCUT2D eigenvalue weighted by Gasteiger charge is -2.31.